The van der Waals surface area contributed by atoms with Crippen molar-refractivity contribution < 1.29 is 5.11 Å². The Morgan fingerprint density at radius 2 is 1.19 bits per heavy atom. The first-order chi connectivity index (χ1) is 10.3. The lowest BCUT2D eigenvalue weighted by Crippen LogP contribution is -1.90. The molecule has 0 heterocycles. The molecular weight excluding hydrogens is 256 g/mol. The largest absolute Gasteiger partial charge is 0.396 e. The lowest BCUT2D eigenvalue weighted by Gasteiger charge is -2.02. The second-order valence-electron chi connectivity index (χ2n) is 7.88. The van der Waals surface area contributed by atoms with E-state index >= 15 is 0 Å². The molecule has 2 aliphatic rings. The zero-order chi connectivity index (χ0) is 14.9. The molecule has 2 aliphatic carbocycles. The molecular formula is C20H38O. The Morgan fingerprint density at radius 1 is 0.667 bits per heavy atom. The van der Waals surface area contributed by atoms with Crippen LogP contribution in [0.4, 0.5) is 0 Å². The van der Waals surface area contributed by atoms with E-state index in [2.05, 4.69) is 6.92 Å². The third-order valence-corrected chi connectivity index (χ3v) is 5.91. The summed E-state index contributed by atoms with van der Waals surface area (Å²) in [6.45, 7) is 2.69. The monoisotopic (exact) mass is 294 g/mol. The molecule has 0 radical (unpaired) electrons. The van der Waals surface area contributed by atoms with E-state index in [0.29, 0.717) is 6.61 Å². The van der Waals surface area contributed by atoms with Crippen molar-refractivity contribution in [1.29, 1.82) is 0 Å². The van der Waals surface area contributed by atoms with E-state index in [-0.39, 0.29) is 0 Å². The Hall–Kier alpha value is -0.0400. The summed E-state index contributed by atoms with van der Waals surface area (Å²) in [7, 11) is 0. The van der Waals surface area contributed by atoms with Crippen LogP contribution in [-0.2, 0) is 0 Å². The molecule has 4 atom stereocenters. The van der Waals surface area contributed by atoms with Gasteiger partial charge in [-0.25, -0.2) is 0 Å². The maximum Gasteiger partial charge on any atom is 0.0431 e. The second-order valence-corrected chi connectivity index (χ2v) is 7.88. The fourth-order valence-electron chi connectivity index (χ4n) is 4.18. The molecule has 2 saturated carbocycles. The Labute approximate surface area is 132 Å². The molecule has 0 aromatic heterocycles. The number of aliphatic hydroxyl groups excluding tert-OH is 1. The lowest BCUT2D eigenvalue weighted by molar-refractivity contribution is 0.282. The van der Waals surface area contributed by atoms with Gasteiger partial charge in [0.25, 0.3) is 0 Å². The van der Waals surface area contributed by atoms with Crippen molar-refractivity contribution in [1.82, 2.24) is 0 Å². The molecule has 1 heteroatoms. The summed E-state index contributed by atoms with van der Waals surface area (Å²) in [6.07, 6.45) is 19.9. The van der Waals surface area contributed by atoms with Gasteiger partial charge in [0.2, 0.25) is 0 Å². The van der Waals surface area contributed by atoms with E-state index in [4.69, 9.17) is 5.11 Å². The number of hydrogen-bond acceptors (Lipinski definition) is 1. The van der Waals surface area contributed by atoms with Gasteiger partial charge in [0.05, 0.1) is 0 Å². The van der Waals surface area contributed by atoms with Crippen molar-refractivity contribution in [2.75, 3.05) is 6.61 Å². The smallest absolute Gasteiger partial charge is 0.0431 e. The Balaban J connectivity index is 1.36. The van der Waals surface area contributed by atoms with E-state index in [1.165, 1.54) is 64.2 Å². The third-order valence-electron chi connectivity index (χ3n) is 5.91. The van der Waals surface area contributed by atoms with Crippen LogP contribution in [0.3, 0.4) is 0 Å². The van der Waals surface area contributed by atoms with Gasteiger partial charge < -0.3 is 5.11 Å². The predicted octanol–water partition coefficient (Wildman–Crippen LogP) is 5.95. The molecule has 2 fully saturated rings. The van der Waals surface area contributed by atoms with Gasteiger partial charge in [-0.2, -0.15) is 0 Å². The summed E-state index contributed by atoms with van der Waals surface area (Å²) in [5, 5.41) is 8.74. The second kappa shape index (κ2) is 9.87. The van der Waals surface area contributed by atoms with Crippen molar-refractivity contribution in [3.05, 3.63) is 0 Å². The minimum atomic E-state index is 0.379. The quantitative estimate of drug-likeness (QED) is 0.392. The molecule has 1 nitrogen and oxygen atoms in total. The molecule has 0 aliphatic heterocycles. The normalized spacial score (nSPS) is 30.6. The fraction of sp³-hybridized carbons (Fsp3) is 1.00. The first-order valence-electron chi connectivity index (χ1n) is 9.96. The van der Waals surface area contributed by atoms with Gasteiger partial charge in [0, 0.05) is 6.61 Å². The molecule has 0 saturated heterocycles. The maximum absolute atomic E-state index is 8.74. The third kappa shape index (κ3) is 7.17. The van der Waals surface area contributed by atoms with E-state index in [0.717, 1.165) is 30.1 Å². The van der Waals surface area contributed by atoms with Crippen molar-refractivity contribution in [3.63, 3.8) is 0 Å². The molecule has 21 heavy (non-hydrogen) atoms. The zero-order valence-electron chi connectivity index (χ0n) is 14.4. The summed E-state index contributed by atoms with van der Waals surface area (Å²) in [6, 6.07) is 0. The first-order valence-corrected chi connectivity index (χ1v) is 9.96. The van der Waals surface area contributed by atoms with Crippen LogP contribution in [0.2, 0.25) is 0 Å². The summed E-state index contributed by atoms with van der Waals surface area (Å²) in [4.78, 5) is 0. The lowest BCUT2D eigenvalue weighted by atomic mass is 10.0. The van der Waals surface area contributed by atoms with Crippen molar-refractivity contribution >= 4 is 0 Å². The number of aliphatic hydroxyl groups is 1. The topological polar surface area (TPSA) is 20.2 Å². The van der Waals surface area contributed by atoms with Gasteiger partial charge >= 0.3 is 0 Å². The highest BCUT2D eigenvalue weighted by atomic mass is 16.2. The standard InChI is InChI=1S/C20H38O/c1-2-3-8-11-17-14-19(17)16-20-15-18(20)12-9-6-4-5-7-10-13-21/h17-21H,2-16H2,1H3/t17-,18+,19?,20-/m1/s1. The average Bonchev–Trinajstić information content (AvgIpc) is 3.39. The minimum absolute atomic E-state index is 0.379. The van der Waals surface area contributed by atoms with Crippen LogP contribution < -0.4 is 0 Å². The fourth-order valence-corrected chi connectivity index (χ4v) is 4.18. The molecule has 0 bridgehead atoms. The summed E-state index contributed by atoms with van der Waals surface area (Å²) < 4.78 is 0. The van der Waals surface area contributed by atoms with E-state index in [9.17, 15) is 0 Å². The number of unbranched alkanes of at least 4 members (excludes halogenated alkanes) is 7. The van der Waals surface area contributed by atoms with Gasteiger partial charge in [-0.05, 0) is 49.4 Å². The average molecular weight is 295 g/mol. The van der Waals surface area contributed by atoms with Crippen molar-refractivity contribution in [3.8, 4) is 0 Å². The van der Waals surface area contributed by atoms with Crippen LogP contribution in [0.5, 0.6) is 0 Å². The molecule has 1 N–H and O–H groups in total. The SMILES string of the molecule is CCCCC[C@@H]1CC1C[C@H]1C[C@@H]1CCCCCCCCO. The molecule has 1 unspecified atom stereocenters. The highest BCUT2D eigenvalue weighted by molar-refractivity contribution is 4.94. The van der Waals surface area contributed by atoms with Crippen LogP contribution in [0.15, 0.2) is 0 Å². The summed E-state index contributed by atoms with van der Waals surface area (Å²) in [5.74, 6) is 4.50. The van der Waals surface area contributed by atoms with Crippen molar-refractivity contribution in [2.24, 2.45) is 23.7 Å². The van der Waals surface area contributed by atoms with Crippen molar-refractivity contribution in [2.45, 2.75) is 96.8 Å². The van der Waals surface area contributed by atoms with Gasteiger partial charge in [0.1, 0.15) is 0 Å². The van der Waals surface area contributed by atoms with Crippen LogP contribution in [0.1, 0.15) is 96.8 Å². The Morgan fingerprint density at radius 3 is 1.76 bits per heavy atom. The summed E-state index contributed by atoms with van der Waals surface area (Å²) in [5.41, 5.74) is 0. The van der Waals surface area contributed by atoms with Crippen LogP contribution >= 0.6 is 0 Å². The van der Waals surface area contributed by atoms with E-state index in [1.54, 1.807) is 19.3 Å². The molecule has 0 aromatic rings. The molecule has 124 valence electrons. The molecule has 2 rings (SSSR count). The number of hydrogen-bond donors (Lipinski definition) is 1. The summed E-state index contributed by atoms with van der Waals surface area (Å²) >= 11 is 0. The minimum Gasteiger partial charge on any atom is -0.396 e. The zero-order valence-corrected chi connectivity index (χ0v) is 14.4. The first kappa shape index (κ1) is 17.3. The highest BCUT2D eigenvalue weighted by Crippen LogP contribution is 2.54. The van der Waals surface area contributed by atoms with E-state index in [1.807, 2.05) is 0 Å². The van der Waals surface area contributed by atoms with Crippen LogP contribution in [0, 0.1) is 23.7 Å². The highest BCUT2D eigenvalue weighted by Gasteiger charge is 2.44. The van der Waals surface area contributed by atoms with Gasteiger partial charge in [-0.1, -0.05) is 71.1 Å². The predicted molar refractivity (Wildman–Crippen MR) is 91.4 cm³/mol. The Bertz CT molecular complexity index is 263. The van der Waals surface area contributed by atoms with Gasteiger partial charge in [0.15, 0.2) is 0 Å². The Kier molecular flexibility index (Phi) is 8.14. The molecule has 0 spiro atoms. The van der Waals surface area contributed by atoms with Gasteiger partial charge in [-0.15, -0.1) is 0 Å². The number of rotatable bonds is 14. The van der Waals surface area contributed by atoms with Gasteiger partial charge in [-0.3, -0.25) is 0 Å². The molecule has 0 amide bonds. The van der Waals surface area contributed by atoms with Crippen LogP contribution in [-0.4, -0.2) is 11.7 Å². The molecule has 0 aromatic carbocycles. The van der Waals surface area contributed by atoms with Crippen LogP contribution in [0.25, 0.3) is 0 Å². The maximum atomic E-state index is 8.74. The van der Waals surface area contributed by atoms with E-state index < -0.39 is 0 Å².